The first-order valence-corrected chi connectivity index (χ1v) is 10.2. The predicted octanol–water partition coefficient (Wildman–Crippen LogP) is 3.54. The van der Waals surface area contributed by atoms with Crippen molar-refractivity contribution in [2.75, 3.05) is 19.0 Å². The summed E-state index contributed by atoms with van der Waals surface area (Å²) in [5.41, 5.74) is 1.21. The molecule has 1 fully saturated rings. The van der Waals surface area contributed by atoms with Crippen LogP contribution < -0.4 is 10.1 Å². The standard InChI is InChI=1S/C22H21N3O5S/c1-3-11-25-20(27)18(31-22(25)24-16-5-4-6-17(12-16)30-2)13-19(26)23-15-9-7-14(8-10-15)21(28)29/h3-10,12,18H,1,11,13H2,2H3,(H,23,26)(H,28,29). The summed E-state index contributed by atoms with van der Waals surface area (Å²) in [5.74, 6) is -0.967. The van der Waals surface area contributed by atoms with Crippen LogP contribution in [0, 0.1) is 0 Å². The molecular weight excluding hydrogens is 418 g/mol. The number of nitrogens with zero attached hydrogens (tertiary/aromatic N) is 2. The molecule has 2 aromatic carbocycles. The molecule has 1 aliphatic heterocycles. The molecule has 0 bridgehead atoms. The maximum atomic E-state index is 12.8. The van der Waals surface area contributed by atoms with Crippen LogP contribution in [0.1, 0.15) is 16.8 Å². The molecule has 2 aromatic rings. The average Bonchev–Trinajstić information content (AvgIpc) is 3.03. The molecule has 0 spiro atoms. The van der Waals surface area contributed by atoms with Crippen molar-refractivity contribution in [1.82, 2.24) is 4.90 Å². The lowest BCUT2D eigenvalue weighted by molar-refractivity contribution is -0.127. The van der Waals surface area contributed by atoms with Gasteiger partial charge in [-0.15, -0.1) is 6.58 Å². The van der Waals surface area contributed by atoms with Crippen molar-refractivity contribution in [3.8, 4) is 5.75 Å². The topological polar surface area (TPSA) is 108 Å². The second kappa shape index (κ2) is 9.94. The molecule has 1 heterocycles. The number of rotatable bonds is 8. The van der Waals surface area contributed by atoms with E-state index >= 15 is 0 Å². The van der Waals surface area contributed by atoms with Gasteiger partial charge >= 0.3 is 5.97 Å². The van der Waals surface area contributed by atoms with Crippen molar-refractivity contribution in [3.05, 3.63) is 66.7 Å². The van der Waals surface area contributed by atoms with Crippen LogP contribution in [0.4, 0.5) is 11.4 Å². The van der Waals surface area contributed by atoms with Gasteiger partial charge in [0.2, 0.25) is 11.8 Å². The number of carboxylic acids is 1. The van der Waals surface area contributed by atoms with E-state index in [-0.39, 0.29) is 30.3 Å². The largest absolute Gasteiger partial charge is 0.497 e. The summed E-state index contributed by atoms with van der Waals surface area (Å²) in [6.07, 6.45) is 1.56. The van der Waals surface area contributed by atoms with E-state index in [2.05, 4.69) is 16.9 Å². The van der Waals surface area contributed by atoms with Gasteiger partial charge < -0.3 is 15.2 Å². The van der Waals surface area contributed by atoms with E-state index in [9.17, 15) is 14.4 Å². The lowest BCUT2D eigenvalue weighted by atomic mass is 10.2. The quantitative estimate of drug-likeness (QED) is 0.609. The van der Waals surface area contributed by atoms with Gasteiger partial charge in [0.15, 0.2) is 5.17 Å². The number of hydrogen-bond donors (Lipinski definition) is 2. The van der Waals surface area contributed by atoms with Crippen molar-refractivity contribution in [3.63, 3.8) is 0 Å². The van der Waals surface area contributed by atoms with E-state index < -0.39 is 11.2 Å². The molecule has 0 radical (unpaired) electrons. The fourth-order valence-corrected chi connectivity index (χ4v) is 4.06. The molecule has 0 aliphatic carbocycles. The predicted molar refractivity (Wildman–Crippen MR) is 120 cm³/mol. The molecule has 8 nitrogen and oxygen atoms in total. The summed E-state index contributed by atoms with van der Waals surface area (Å²) in [6, 6.07) is 13.0. The van der Waals surface area contributed by atoms with Crippen molar-refractivity contribution >= 4 is 46.1 Å². The molecule has 1 unspecified atom stereocenters. The van der Waals surface area contributed by atoms with Crippen LogP contribution >= 0.6 is 11.8 Å². The molecule has 160 valence electrons. The minimum atomic E-state index is -1.05. The number of aliphatic imine (C=N–C) groups is 1. The Labute approximate surface area is 183 Å². The maximum Gasteiger partial charge on any atom is 0.335 e. The third-order valence-corrected chi connectivity index (χ3v) is 5.57. The molecule has 2 amide bonds. The monoisotopic (exact) mass is 439 g/mol. The van der Waals surface area contributed by atoms with Crippen LogP contribution in [0.5, 0.6) is 5.75 Å². The molecule has 0 aromatic heterocycles. The van der Waals surface area contributed by atoms with Crippen molar-refractivity contribution < 1.29 is 24.2 Å². The first-order chi connectivity index (χ1) is 14.9. The Morgan fingerprint density at radius 1 is 1.29 bits per heavy atom. The third-order valence-electron chi connectivity index (χ3n) is 4.40. The number of aromatic carboxylic acids is 1. The molecule has 31 heavy (non-hydrogen) atoms. The highest BCUT2D eigenvalue weighted by molar-refractivity contribution is 8.15. The molecule has 3 rings (SSSR count). The minimum Gasteiger partial charge on any atom is -0.497 e. The van der Waals surface area contributed by atoms with Gasteiger partial charge in [-0.1, -0.05) is 23.9 Å². The van der Waals surface area contributed by atoms with Crippen molar-refractivity contribution in [2.24, 2.45) is 4.99 Å². The van der Waals surface area contributed by atoms with Gasteiger partial charge in [-0.05, 0) is 36.4 Å². The van der Waals surface area contributed by atoms with Gasteiger partial charge in [0, 0.05) is 24.7 Å². The molecule has 1 atom stereocenters. The number of amides is 2. The van der Waals surface area contributed by atoms with Gasteiger partial charge in [-0.3, -0.25) is 14.5 Å². The summed E-state index contributed by atoms with van der Waals surface area (Å²) < 4.78 is 5.21. The Hall–Kier alpha value is -3.59. The summed E-state index contributed by atoms with van der Waals surface area (Å²) in [6.45, 7) is 3.97. The molecule has 0 saturated carbocycles. The Bertz CT molecular complexity index is 1040. The smallest absolute Gasteiger partial charge is 0.335 e. The fraction of sp³-hybridized carbons (Fsp3) is 0.182. The zero-order valence-corrected chi connectivity index (χ0v) is 17.6. The van der Waals surface area contributed by atoms with Gasteiger partial charge in [0.1, 0.15) is 11.0 Å². The van der Waals surface area contributed by atoms with E-state index in [1.807, 2.05) is 0 Å². The average molecular weight is 439 g/mol. The Morgan fingerprint density at radius 2 is 2.03 bits per heavy atom. The highest BCUT2D eigenvalue weighted by Crippen LogP contribution is 2.32. The van der Waals surface area contributed by atoms with E-state index in [4.69, 9.17) is 9.84 Å². The number of methoxy groups -OCH3 is 1. The number of amidine groups is 1. The number of anilines is 1. The van der Waals surface area contributed by atoms with E-state index in [0.717, 1.165) is 0 Å². The van der Waals surface area contributed by atoms with Crippen LogP contribution in [0.3, 0.4) is 0 Å². The highest BCUT2D eigenvalue weighted by atomic mass is 32.2. The highest BCUT2D eigenvalue weighted by Gasteiger charge is 2.38. The first kappa shape index (κ1) is 22.1. The number of ether oxygens (including phenoxy) is 1. The fourth-order valence-electron chi connectivity index (χ4n) is 2.89. The number of carboxylic acid groups (broad SMARTS) is 1. The Morgan fingerprint density at radius 3 is 2.68 bits per heavy atom. The van der Waals surface area contributed by atoms with Gasteiger partial charge in [0.05, 0.1) is 18.4 Å². The number of carbonyl (C=O) groups is 3. The number of thioether (sulfide) groups is 1. The number of hydrogen-bond acceptors (Lipinski definition) is 6. The van der Waals surface area contributed by atoms with Crippen LogP contribution in [-0.4, -0.2) is 51.9 Å². The lowest BCUT2D eigenvalue weighted by Crippen LogP contribution is -2.33. The van der Waals surface area contributed by atoms with E-state index in [1.54, 1.807) is 37.5 Å². The molecule has 1 aliphatic rings. The summed E-state index contributed by atoms with van der Waals surface area (Å²) in [5, 5.41) is 11.5. The second-order valence-electron chi connectivity index (χ2n) is 6.57. The van der Waals surface area contributed by atoms with Crippen LogP contribution in [-0.2, 0) is 9.59 Å². The Balaban J connectivity index is 1.71. The zero-order chi connectivity index (χ0) is 22.4. The van der Waals surface area contributed by atoms with Crippen LogP contribution in [0.25, 0.3) is 0 Å². The number of benzene rings is 2. The zero-order valence-electron chi connectivity index (χ0n) is 16.8. The number of carbonyl (C=O) groups excluding carboxylic acids is 2. The van der Waals surface area contributed by atoms with Crippen LogP contribution in [0.2, 0.25) is 0 Å². The van der Waals surface area contributed by atoms with Gasteiger partial charge in [-0.25, -0.2) is 9.79 Å². The number of nitrogens with one attached hydrogen (secondary N) is 1. The minimum absolute atomic E-state index is 0.0467. The van der Waals surface area contributed by atoms with Gasteiger partial charge in [-0.2, -0.15) is 0 Å². The maximum absolute atomic E-state index is 12.8. The van der Waals surface area contributed by atoms with Gasteiger partial charge in [0.25, 0.3) is 0 Å². The molecular formula is C22H21N3O5S. The Kier molecular flexibility index (Phi) is 7.09. The van der Waals surface area contributed by atoms with E-state index in [1.165, 1.54) is 40.9 Å². The van der Waals surface area contributed by atoms with E-state index in [0.29, 0.717) is 22.3 Å². The lowest BCUT2D eigenvalue weighted by Gasteiger charge is -2.14. The summed E-state index contributed by atoms with van der Waals surface area (Å²) in [7, 11) is 1.56. The molecule has 2 N–H and O–H groups in total. The molecule has 9 heteroatoms. The summed E-state index contributed by atoms with van der Waals surface area (Å²) >= 11 is 1.22. The molecule has 1 saturated heterocycles. The van der Waals surface area contributed by atoms with Crippen LogP contribution in [0.15, 0.2) is 66.2 Å². The van der Waals surface area contributed by atoms with Crippen molar-refractivity contribution in [2.45, 2.75) is 11.7 Å². The SMILES string of the molecule is C=CCN1C(=O)C(CC(=O)Nc2ccc(C(=O)O)cc2)SC1=Nc1cccc(OC)c1. The van der Waals surface area contributed by atoms with Crippen molar-refractivity contribution in [1.29, 1.82) is 0 Å². The normalized spacial score (nSPS) is 16.9. The first-order valence-electron chi connectivity index (χ1n) is 9.36. The summed E-state index contributed by atoms with van der Waals surface area (Å²) in [4.78, 5) is 42.3. The third kappa shape index (κ3) is 5.52. The second-order valence-corrected chi connectivity index (χ2v) is 7.74.